The number of ether oxygens (including phenoxy) is 1. The highest BCUT2D eigenvalue weighted by atomic mass is 32.1. The molecule has 2 heterocycles. The number of hydrogen-bond donors (Lipinski definition) is 2. The van der Waals surface area contributed by atoms with Crippen LogP contribution in [0, 0.1) is 11.8 Å². The summed E-state index contributed by atoms with van der Waals surface area (Å²) in [5, 5.41) is 6.33. The van der Waals surface area contributed by atoms with Gasteiger partial charge in [0.05, 0.1) is 0 Å². The fraction of sp³-hybridized carbons (Fsp3) is 0.517. The van der Waals surface area contributed by atoms with Gasteiger partial charge in [0.15, 0.2) is 6.10 Å². The molecule has 3 rings (SSSR count). The Labute approximate surface area is 229 Å². The average molecular weight is 541 g/mol. The molecular weight excluding hydrogens is 500 g/mol. The van der Waals surface area contributed by atoms with E-state index in [1.165, 1.54) is 18.3 Å². The molecule has 0 aliphatic rings. The zero-order valence-corrected chi connectivity index (χ0v) is 24.1. The maximum absolute atomic E-state index is 12.9. The third-order valence-corrected chi connectivity index (χ3v) is 7.97. The number of rotatable bonds is 13. The van der Waals surface area contributed by atoms with Crippen molar-refractivity contribution in [3.05, 3.63) is 52.1 Å². The lowest BCUT2D eigenvalue weighted by molar-refractivity contribution is -0.148. The highest BCUT2D eigenvalue weighted by Gasteiger charge is 2.31. The Balaban J connectivity index is 1.66. The van der Waals surface area contributed by atoms with Crippen LogP contribution in [0.2, 0.25) is 0 Å². The number of aromatic amines is 1. The molecule has 2 aromatic heterocycles. The maximum atomic E-state index is 12.9. The molecule has 3 aromatic rings. The summed E-state index contributed by atoms with van der Waals surface area (Å²) in [4.78, 5) is 47.2. The Hall–Kier alpha value is -3.20. The molecule has 0 aliphatic heterocycles. The number of esters is 1. The number of fused-ring (bicyclic) bond motifs is 1. The molecule has 1 aromatic carbocycles. The van der Waals surface area contributed by atoms with Crippen molar-refractivity contribution in [3.8, 4) is 0 Å². The lowest BCUT2D eigenvalue weighted by atomic mass is 9.95. The number of nitrogens with zero attached hydrogens (tertiary/aromatic N) is 2. The second kappa shape index (κ2) is 13.6. The van der Waals surface area contributed by atoms with Crippen molar-refractivity contribution in [2.45, 2.75) is 72.4 Å². The number of hydrogen-bond acceptors (Lipinski definition) is 6. The van der Waals surface area contributed by atoms with Crippen LogP contribution in [0.15, 0.2) is 35.8 Å². The minimum atomic E-state index is -0.642. The van der Waals surface area contributed by atoms with Gasteiger partial charge in [0.25, 0.3) is 5.91 Å². The molecule has 0 spiro atoms. The smallest absolute Gasteiger partial charge is 0.303 e. The maximum Gasteiger partial charge on any atom is 0.303 e. The summed E-state index contributed by atoms with van der Waals surface area (Å²) in [7, 11) is 1.81. The molecule has 0 saturated carbocycles. The zero-order valence-electron chi connectivity index (χ0n) is 23.2. The SMILES string of the molecule is CC[C@H](C)CC(=O)N(C)[C@H](C[C@@H](OC(C)=O)c1nc(C(=O)NCCc2c[nH]c3ccccc23)cs1)C(C)C. The molecule has 0 fully saturated rings. The lowest BCUT2D eigenvalue weighted by Gasteiger charge is -2.34. The molecule has 38 heavy (non-hydrogen) atoms. The summed E-state index contributed by atoms with van der Waals surface area (Å²) in [6, 6.07) is 7.92. The highest BCUT2D eigenvalue weighted by molar-refractivity contribution is 7.09. The number of nitrogens with one attached hydrogen (secondary N) is 2. The van der Waals surface area contributed by atoms with Gasteiger partial charge in [-0.1, -0.05) is 52.3 Å². The number of para-hydroxylation sites is 1. The number of amides is 2. The van der Waals surface area contributed by atoms with Crippen LogP contribution in [0.3, 0.4) is 0 Å². The predicted molar refractivity (Wildman–Crippen MR) is 151 cm³/mol. The van der Waals surface area contributed by atoms with Crippen LogP contribution in [-0.2, 0) is 20.7 Å². The summed E-state index contributed by atoms with van der Waals surface area (Å²) < 4.78 is 5.65. The molecule has 2 N–H and O–H groups in total. The molecule has 3 atom stereocenters. The Morgan fingerprint density at radius 1 is 1.18 bits per heavy atom. The van der Waals surface area contributed by atoms with Crippen molar-refractivity contribution in [2.75, 3.05) is 13.6 Å². The number of aromatic nitrogens is 2. The van der Waals surface area contributed by atoms with Crippen LogP contribution in [0.25, 0.3) is 10.9 Å². The number of carbonyl (C=O) groups is 3. The first-order valence-corrected chi connectivity index (χ1v) is 14.2. The largest absolute Gasteiger partial charge is 0.455 e. The van der Waals surface area contributed by atoms with Gasteiger partial charge in [-0.25, -0.2) is 4.98 Å². The molecule has 2 amide bonds. The van der Waals surface area contributed by atoms with Gasteiger partial charge in [-0.3, -0.25) is 14.4 Å². The van der Waals surface area contributed by atoms with E-state index in [4.69, 9.17) is 4.74 Å². The minimum absolute atomic E-state index is 0.0778. The van der Waals surface area contributed by atoms with Crippen LogP contribution in [0.5, 0.6) is 0 Å². The van der Waals surface area contributed by atoms with Crippen LogP contribution in [-0.4, -0.2) is 52.3 Å². The van der Waals surface area contributed by atoms with Gasteiger partial charge >= 0.3 is 5.97 Å². The van der Waals surface area contributed by atoms with Gasteiger partial charge < -0.3 is 19.9 Å². The van der Waals surface area contributed by atoms with E-state index >= 15 is 0 Å². The van der Waals surface area contributed by atoms with Crippen molar-refractivity contribution in [1.82, 2.24) is 20.2 Å². The fourth-order valence-corrected chi connectivity index (χ4v) is 5.39. The van der Waals surface area contributed by atoms with Gasteiger partial charge in [-0.05, 0) is 29.9 Å². The first-order chi connectivity index (χ1) is 18.1. The average Bonchev–Trinajstić information content (AvgIpc) is 3.53. The van der Waals surface area contributed by atoms with Gasteiger partial charge in [0.2, 0.25) is 5.91 Å². The summed E-state index contributed by atoms with van der Waals surface area (Å²) in [6.07, 6.45) is 3.85. The van der Waals surface area contributed by atoms with Crippen LogP contribution in [0.1, 0.15) is 81.0 Å². The van der Waals surface area contributed by atoms with Crippen molar-refractivity contribution in [2.24, 2.45) is 11.8 Å². The molecule has 0 saturated heterocycles. The van der Waals surface area contributed by atoms with Gasteiger partial charge in [0.1, 0.15) is 10.7 Å². The van der Waals surface area contributed by atoms with Crippen molar-refractivity contribution in [1.29, 1.82) is 0 Å². The van der Waals surface area contributed by atoms with E-state index in [9.17, 15) is 14.4 Å². The Bertz CT molecular complexity index is 1230. The van der Waals surface area contributed by atoms with Crippen LogP contribution >= 0.6 is 11.3 Å². The molecule has 0 bridgehead atoms. The van der Waals surface area contributed by atoms with Gasteiger partial charge in [0, 0.05) is 61.9 Å². The highest BCUT2D eigenvalue weighted by Crippen LogP contribution is 2.31. The van der Waals surface area contributed by atoms with E-state index in [1.54, 1.807) is 10.3 Å². The number of carbonyl (C=O) groups excluding carboxylic acids is 3. The third kappa shape index (κ3) is 7.66. The molecule has 0 radical (unpaired) electrons. The van der Waals surface area contributed by atoms with Gasteiger partial charge in [-0.2, -0.15) is 0 Å². The fourth-order valence-electron chi connectivity index (χ4n) is 4.55. The lowest BCUT2D eigenvalue weighted by Crippen LogP contribution is -2.42. The van der Waals surface area contributed by atoms with Crippen LogP contribution < -0.4 is 5.32 Å². The second-order valence-corrected chi connectivity index (χ2v) is 11.2. The number of benzene rings is 1. The number of H-pyrrole nitrogens is 1. The third-order valence-electron chi connectivity index (χ3n) is 7.03. The zero-order chi connectivity index (χ0) is 27.8. The van der Waals surface area contributed by atoms with Gasteiger partial charge in [-0.15, -0.1) is 11.3 Å². The molecular formula is C29H40N4O4S. The van der Waals surface area contributed by atoms with Crippen molar-refractivity contribution < 1.29 is 19.1 Å². The second-order valence-electron chi connectivity index (χ2n) is 10.3. The minimum Gasteiger partial charge on any atom is -0.455 e. The standard InChI is InChI=1S/C29H40N4O4S/c1-7-19(4)14-27(35)33(6)25(18(2)3)15-26(37-20(5)34)29-32-24(17-38-29)28(36)30-13-12-21-16-31-23-11-9-8-10-22(21)23/h8-11,16-19,25-26,31H,7,12-15H2,1-6H3,(H,30,36)/t19-,25+,26+/m0/s1. The Morgan fingerprint density at radius 2 is 1.92 bits per heavy atom. The number of thiazole rings is 1. The monoisotopic (exact) mass is 540 g/mol. The van der Waals surface area contributed by atoms with E-state index in [2.05, 4.69) is 49.0 Å². The molecule has 9 heteroatoms. The molecule has 0 aliphatic carbocycles. The van der Waals surface area contributed by atoms with E-state index in [0.717, 1.165) is 22.9 Å². The summed E-state index contributed by atoms with van der Waals surface area (Å²) >= 11 is 1.29. The first kappa shape index (κ1) is 29.4. The summed E-state index contributed by atoms with van der Waals surface area (Å²) in [5.74, 6) is -0.167. The van der Waals surface area contributed by atoms with Crippen LogP contribution in [0.4, 0.5) is 0 Å². The van der Waals surface area contributed by atoms with Crippen molar-refractivity contribution in [3.63, 3.8) is 0 Å². The molecule has 0 unspecified atom stereocenters. The topological polar surface area (TPSA) is 104 Å². The van der Waals surface area contributed by atoms with E-state index in [0.29, 0.717) is 42.4 Å². The first-order valence-electron chi connectivity index (χ1n) is 13.3. The summed E-state index contributed by atoms with van der Waals surface area (Å²) in [5.41, 5.74) is 2.51. The van der Waals surface area contributed by atoms with E-state index in [-0.39, 0.29) is 23.8 Å². The van der Waals surface area contributed by atoms with E-state index < -0.39 is 12.1 Å². The predicted octanol–water partition coefficient (Wildman–Crippen LogP) is 5.51. The summed E-state index contributed by atoms with van der Waals surface area (Å²) in [6.45, 7) is 10.1. The quantitative estimate of drug-likeness (QED) is 0.278. The Morgan fingerprint density at radius 3 is 2.61 bits per heavy atom. The molecule has 8 nitrogen and oxygen atoms in total. The normalized spacial score (nSPS) is 13.8. The Kier molecular flexibility index (Phi) is 10.5. The molecule has 206 valence electrons. The van der Waals surface area contributed by atoms with Crippen molar-refractivity contribution >= 4 is 40.0 Å². The van der Waals surface area contributed by atoms with E-state index in [1.807, 2.05) is 31.4 Å².